The molecule has 0 N–H and O–H groups in total. The Kier molecular flexibility index (Phi) is 37.5. The highest BCUT2D eigenvalue weighted by Gasteiger charge is 2.09. The standard InChI is InChI=1S/C38H77N.C2H6/c1-7-11-20-31-38(32-21-12-8-2)33-26-29-36(5)28-22-17-19-25-35-39(6)34-24-18-15-13-14-16-23-30-37(10-4)27-9-3;1-2/h37-38H,5,7-35H2,1-4,6H3;1-2H3. The van der Waals surface area contributed by atoms with Crippen molar-refractivity contribution in [1.82, 2.24) is 4.90 Å². The van der Waals surface area contributed by atoms with Gasteiger partial charge in [-0.05, 0) is 70.5 Å². The molecule has 0 saturated heterocycles. The van der Waals surface area contributed by atoms with Crippen LogP contribution in [0.1, 0.15) is 215 Å². The minimum absolute atomic E-state index is 0.978. The average molecular weight is 578 g/mol. The van der Waals surface area contributed by atoms with Crippen LogP contribution in [-0.2, 0) is 0 Å². The molecular weight excluding hydrogens is 494 g/mol. The Balaban J connectivity index is 0. The Morgan fingerprint density at radius 2 is 0.878 bits per heavy atom. The third-order valence-corrected chi connectivity index (χ3v) is 9.32. The molecule has 0 aliphatic carbocycles. The fraction of sp³-hybridized carbons (Fsp3) is 0.950. The van der Waals surface area contributed by atoms with Crippen LogP contribution in [0, 0.1) is 11.8 Å². The van der Waals surface area contributed by atoms with Gasteiger partial charge in [-0.1, -0.05) is 189 Å². The highest BCUT2D eigenvalue weighted by molar-refractivity contribution is 4.93. The first-order valence-electron chi connectivity index (χ1n) is 19.4. The summed E-state index contributed by atoms with van der Waals surface area (Å²) in [4.78, 5) is 2.58. The summed E-state index contributed by atoms with van der Waals surface area (Å²) >= 11 is 0. The predicted octanol–water partition coefficient (Wildman–Crippen LogP) is 14.3. The predicted molar refractivity (Wildman–Crippen MR) is 192 cm³/mol. The van der Waals surface area contributed by atoms with Crippen LogP contribution in [0.2, 0.25) is 0 Å². The van der Waals surface area contributed by atoms with Crippen molar-refractivity contribution in [1.29, 1.82) is 0 Å². The summed E-state index contributed by atoms with van der Waals surface area (Å²) in [5.41, 5.74) is 1.52. The largest absolute Gasteiger partial charge is 0.306 e. The zero-order valence-corrected chi connectivity index (χ0v) is 30.3. The molecule has 0 aliphatic heterocycles. The van der Waals surface area contributed by atoms with Crippen LogP contribution in [0.25, 0.3) is 0 Å². The third-order valence-electron chi connectivity index (χ3n) is 9.32. The Morgan fingerprint density at radius 3 is 1.39 bits per heavy atom. The molecule has 0 heterocycles. The molecule has 0 spiro atoms. The normalized spacial score (nSPS) is 12.1. The number of allylic oxidation sites excluding steroid dienone is 1. The van der Waals surface area contributed by atoms with Gasteiger partial charge in [0, 0.05) is 0 Å². The summed E-state index contributed by atoms with van der Waals surface area (Å²) in [6.07, 6.45) is 38.1. The molecule has 0 saturated carbocycles. The fourth-order valence-corrected chi connectivity index (χ4v) is 6.45. The monoisotopic (exact) mass is 578 g/mol. The quantitative estimate of drug-likeness (QED) is 0.0567. The molecule has 0 aromatic heterocycles. The van der Waals surface area contributed by atoms with Crippen molar-refractivity contribution in [2.75, 3.05) is 20.1 Å². The Bertz CT molecular complexity index is 473. The molecule has 0 aliphatic rings. The van der Waals surface area contributed by atoms with E-state index in [1.54, 1.807) is 0 Å². The van der Waals surface area contributed by atoms with Crippen molar-refractivity contribution < 1.29 is 0 Å². The maximum atomic E-state index is 4.43. The second kappa shape index (κ2) is 35.9. The minimum Gasteiger partial charge on any atom is -0.306 e. The van der Waals surface area contributed by atoms with Gasteiger partial charge < -0.3 is 4.90 Å². The lowest BCUT2D eigenvalue weighted by atomic mass is 9.89. The van der Waals surface area contributed by atoms with Crippen molar-refractivity contribution in [2.24, 2.45) is 11.8 Å². The molecule has 0 amide bonds. The zero-order valence-electron chi connectivity index (χ0n) is 30.3. The Hall–Kier alpha value is -0.300. The lowest BCUT2D eigenvalue weighted by molar-refractivity contribution is 0.314. The third kappa shape index (κ3) is 32.4. The SMILES string of the molecule is C=C(CCCCCCN(C)CCCCCCCCCC(CC)CCC)CCCC(CCCCC)CCCCC.CC. The Morgan fingerprint density at radius 1 is 0.463 bits per heavy atom. The van der Waals surface area contributed by atoms with Crippen molar-refractivity contribution in [3.8, 4) is 0 Å². The summed E-state index contributed by atoms with van der Waals surface area (Å²) in [6, 6.07) is 0. The van der Waals surface area contributed by atoms with E-state index in [9.17, 15) is 0 Å². The summed E-state index contributed by atoms with van der Waals surface area (Å²) in [5.74, 6) is 1.98. The first-order valence-corrected chi connectivity index (χ1v) is 19.4. The van der Waals surface area contributed by atoms with Gasteiger partial charge in [0.05, 0.1) is 0 Å². The van der Waals surface area contributed by atoms with Gasteiger partial charge in [0.25, 0.3) is 0 Å². The van der Waals surface area contributed by atoms with Crippen LogP contribution in [0.15, 0.2) is 12.2 Å². The number of hydrogen-bond acceptors (Lipinski definition) is 1. The number of unbranched alkanes of at least 4 members (excludes halogenated alkanes) is 13. The molecular formula is C40H83N. The van der Waals surface area contributed by atoms with Crippen LogP contribution in [0.4, 0.5) is 0 Å². The van der Waals surface area contributed by atoms with E-state index in [0.29, 0.717) is 0 Å². The van der Waals surface area contributed by atoms with Gasteiger partial charge in [-0.25, -0.2) is 0 Å². The average Bonchev–Trinajstić information content (AvgIpc) is 2.98. The molecule has 1 heteroatoms. The molecule has 41 heavy (non-hydrogen) atoms. The van der Waals surface area contributed by atoms with Gasteiger partial charge in [-0.3, -0.25) is 0 Å². The second-order valence-electron chi connectivity index (χ2n) is 13.3. The van der Waals surface area contributed by atoms with E-state index in [-0.39, 0.29) is 0 Å². The van der Waals surface area contributed by atoms with Gasteiger partial charge >= 0.3 is 0 Å². The van der Waals surface area contributed by atoms with E-state index in [0.717, 1.165) is 11.8 Å². The lowest BCUT2D eigenvalue weighted by Crippen LogP contribution is -2.20. The lowest BCUT2D eigenvalue weighted by Gasteiger charge is -2.17. The summed E-state index contributed by atoms with van der Waals surface area (Å²) in [6.45, 7) is 20.4. The van der Waals surface area contributed by atoms with E-state index in [1.165, 1.54) is 192 Å². The van der Waals surface area contributed by atoms with Gasteiger partial charge in [0.1, 0.15) is 0 Å². The number of hydrogen-bond donors (Lipinski definition) is 0. The maximum absolute atomic E-state index is 4.43. The number of nitrogens with zero attached hydrogens (tertiary/aromatic N) is 1. The molecule has 0 bridgehead atoms. The molecule has 1 unspecified atom stereocenters. The molecule has 0 rings (SSSR count). The van der Waals surface area contributed by atoms with E-state index in [1.807, 2.05) is 13.8 Å². The number of rotatable bonds is 32. The summed E-state index contributed by atoms with van der Waals surface area (Å²) in [5, 5.41) is 0. The summed E-state index contributed by atoms with van der Waals surface area (Å²) in [7, 11) is 2.33. The molecule has 1 atom stereocenters. The van der Waals surface area contributed by atoms with Crippen LogP contribution in [0.3, 0.4) is 0 Å². The molecule has 1 nitrogen and oxygen atoms in total. The fourth-order valence-electron chi connectivity index (χ4n) is 6.45. The molecule has 0 fully saturated rings. The molecule has 0 aromatic rings. The van der Waals surface area contributed by atoms with Gasteiger partial charge in [-0.2, -0.15) is 0 Å². The maximum Gasteiger partial charge on any atom is -0.00218 e. The highest BCUT2D eigenvalue weighted by Crippen LogP contribution is 2.25. The van der Waals surface area contributed by atoms with E-state index in [4.69, 9.17) is 0 Å². The van der Waals surface area contributed by atoms with Crippen LogP contribution >= 0.6 is 0 Å². The molecule has 0 radical (unpaired) electrons. The summed E-state index contributed by atoms with van der Waals surface area (Å²) < 4.78 is 0. The van der Waals surface area contributed by atoms with Gasteiger partial charge in [0.2, 0.25) is 0 Å². The smallest absolute Gasteiger partial charge is 0.00218 e. The first-order chi connectivity index (χ1) is 20.1. The zero-order chi connectivity index (χ0) is 30.8. The van der Waals surface area contributed by atoms with Crippen molar-refractivity contribution in [3.63, 3.8) is 0 Å². The second-order valence-corrected chi connectivity index (χ2v) is 13.3. The van der Waals surface area contributed by atoms with Crippen LogP contribution < -0.4 is 0 Å². The van der Waals surface area contributed by atoms with E-state index >= 15 is 0 Å². The topological polar surface area (TPSA) is 3.24 Å². The van der Waals surface area contributed by atoms with E-state index < -0.39 is 0 Å². The Labute approximate surface area is 263 Å². The van der Waals surface area contributed by atoms with Gasteiger partial charge in [0.15, 0.2) is 0 Å². The van der Waals surface area contributed by atoms with Crippen molar-refractivity contribution >= 4 is 0 Å². The van der Waals surface area contributed by atoms with E-state index in [2.05, 4.69) is 46.2 Å². The molecule has 248 valence electrons. The van der Waals surface area contributed by atoms with Crippen molar-refractivity contribution in [2.45, 2.75) is 215 Å². The minimum atomic E-state index is 0.978. The first kappa shape index (κ1) is 42.8. The van der Waals surface area contributed by atoms with Crippen molar-refractivity contribution in [3.05, 3.63) is 12.2 Å². The highest BCUT2D eigenvalue weighted by atomic mass is 15.1. The van der Waals surface area contributed by atoms with Crippen LogP contribution in [0.5, 0.6) is 0 Å². The van der Waals surface area contributed by atoms with Gasteiger partial charge in [-0.15, -0.1) is 0 Å². The van der Waals surface area contributed by atoms with Crippen LogP contribution in [-0.4, -0.2) is 25.0 Å². The molecule has 0 aromatic carbocycles.